The highest BCUT2D eigenvalue weighted by Gasteiger charge is 2.34. The predicted molar refractivity (Wildman–Crippen MR) is 174 cm³/mol. The molecular formula is C34H45N5O7. The Labute approximate surface area is 269 Å². The molecule has 12 heteroatoms. The molecule has 0 saturated carbocycles. The Morgan fingerprint density at radius 2 is 1.87 bits per heavy atom. The standard InChI is InChI=1S/C34H45N5O7/c1-23(41)9-11-26(22-40)39-21-28-27(34(39)44)6-5-7-30(28)37-32(42)8-3-4-18-46-19-17-38-15-13-25(14-16-38)36-33(43)24-10-12-29(35)31(20-24)45-2/h5-7,10,12,20,22,25-26H,3-4,8-9,11,13-19,21,35H2,1-2H3,(H,36,43)(H,37,42). The minimum absolute atomic E-state index is 0.0353. The quantitative estimate of drug-likeness (QED) is 0.135. The van der Waals surface area contributed by atoms with Crippen LogP contribution in [-0.4, -0.2) is 91.6 Å². The van der Waals surface area contributed by atoms with Crippen molar-refractivity contribution in [1.82, 2.24) is 15.1 Å². The van der Waals surface area contributed by atoms with Gasteiger partial charge in [0.2, 0.25) is 5.91 Å². The van der Waals surface area contributed by atoms with Crippen molar-refractivity contribution in [3.63, 3.8) is 0 Å². The third-order valence-corrected chi connectivity index (χ3v) is 8.53. The van der Waals surface area contributed by atoms with Crippen LogP contribution in [0.4, 0.5) is 11.4 Å². The molecule has 1 saturated heterocycles. The van der Waals surface area contributed by atoms with Crippen LogP contribution in [0.15, 0.2) is 36.4 Å². The number of nitrogens with one attached hydrogen (secondary N) is 2. The Kier molecular flexibility index (Phi) is 12.7. The van der Waals surface area contributed by atoms with E-state index in [0.29, 0.717) is 66.2 Å². The number of nitrogens with two attached hydrogens (primary N) is 1. The lowest BCUT2D eigenvalue weighted by atomic mass is 10.0. The van der Waals surface area contributed by atoms with Gasteiger partial charge in [-0.25, -0.2) is 0 Å². The number of fused-ring (bicyclic) bond motifs is 1. The molecule has 4 rings (SSSR count). The van der Waals surface area contributed by atoms with Gasteiger partial charge in [0.25, 0.3) is 11.8 Å². The summed E-state index contributed by atoms with van der Waals surface area (Å²) in [7, 11) is 1.53. The topological polar surface area (TPSA) is 160 Å². The Morgan fingerprint density at radius 1 is 1.09 bits per heavy atom. The minimum Gasteiger partial charge on any atom is -0.495 e. The van der Waals surface area contributed by atoms with Gasteiger partial charge >= 0.3 is 0 Å². The third-order valence-electron chi connectivity index (χ3n) is 8.53. The first kappa shape index (κ1) is 34.6. The smallest absolute Gasteiger partial charge is 0.255 e. The Hall–Kier alpha value is -4.29. The number of carbonyl (C=O) groups excluding carboxylic acids is 5. The number of unbranched alkanes of at least 4 members (excludes halogenated alkanes) is 1. The fourth-order valence-corrected chi connectivity index (χ4v) is 5.81. The van der Waals surface area contributed by atoms with E-state index in [1.807, 2.05) is 0 Å². The SMILES string of the molecule is COc1cc(C(=O)NC2CCN(CCOCCCCC(=O)Nc3cccc4c3CN(C(C=O)CCC(C)=O)C4=O)CC2)ccc1N. The molecule has 2 heterocycles. The number of ketones is 1. The van der Waals surface area contributed by atoms with Crippen LogP contribution in [-0.2, 0) is 25.7 Å². The number of hydrogen-bond acceptors (Lipinski definition) is 9. The van der Waals surface area contributed by atoms with E-state index in [2.05, 4.69) is 15.5 Å². The first-order chi connectivity index (χ1) is 22.2. The van der Waals surface area contributed by atoms with Gasteiger partial charge in [0, 0.05) is 74.0 Å². The van der Waals surface area contributed by atoms with Crippen LogP contribution in [0.2, 0.25) is 0 Å². The summed E-state index contributed by atoms with van der Waals surface area (Å²) in [6, 6.07) is 9.62. The molecule has 2 aliphatic heterocycles. The van der Waals surface area contributed by atoms with Gasteiger partial charge in [0.1, 0.15) is 17.8 Å². The van der Waals surface area contributed by atoms with Crippen molar-refractivity contribution < 1.29 is 33.4 Å². The highest BCUT2D eigenvalue weighted by molar-refractivity contribution is 6.03. The van der Waals surface area contributed by atoms with Gasteiger partial charge in [-0.3, -0.25) is 14.4 Å². The zero-order valence-electron chi connectivity index (χ0n) is 26.7. The Balaban J connectivity index is 1.09. The highest BCUT2D eigenvalue weighted by atomic mass is 16.5. The largest absolute Gasteiger partial charge is 0.495 e. The van der Waals surface area contributed by atoms with E-state index < -0.39 is 6.04 Å². The number of methoxy groups -OCH3 is 1. The maximum Gasteiger partial charge on any atom is 0.255 e. The molecule has 0 bridgehead atoms. The number of nitrogen functional groups attached to an aromatic ring is 1. The fraction of sp³-hybridized carbons (Fsp3) is 0.500. The molecule has 2 aromatic carbocycles. The second-order valence-corrected chi connectivity index (χ2v) is 11.9. The Morgan fingerprint density at radius 3 is 2.59 bits per heavy atom. The summed E-state index contributed by atoms with van der Waals surface area (Å²) in [4.78, 5) is 65.1. The van der Waals surface area contributed by atoms with Crippen molar-refractivity contribution in [2.75, 3.05) is 51.0 Å². The van der Waals surface area contributed by atoms with Gasteiger partial charge in [0.15, 0.2) is 0 Å². The van der Waals surface area contributed by atoms with E-state index in [1.165, 1.54) is 18.9 Å². The summed E-state index contributed by atoms with van der Waals surface area (Å²) in [6.45, 7) is 5.39. The van der Waals surface area contributed by atoms with Gasteiger partial charge in [-0.05, 0) is 69.4 Å². The molecular weight excluding hydrogens is 590 g/mol. The van der Waals surface area contributed by atoms with Crippen LogP contribution < -0.4 is 21.1 Å². The number of aldehydes is 1. The zero-order chi connectivity index (χ0) is 33.1. The molecule has 1 atom stereocenters. The number of amides is 3. The normalized spacial score (nSPS) is 15.7. The van der Waals surface area contributed by atoms with Crippen molar-refractivity contribution in [2.24, 2.45) is 0 Å². The number of nitrogens with zero attached hydrogens (tertiary/aromatic N) is 2. The molecule has 0 aliphatic carbocycles. The molecule has 1 unspecified atom stereocenters. The molecule has 12 nitrogen and oxygen atoms in total. The molecule has 3 amide bonds. The van der Waals surface area contributed by atoms with Crippen LogP contribution in [0.25, 0.3) is 0 Å². The van der Waals surface area contributed by atoms with E-state index in [9.17, 15) is 24.0 Å². The van der Waals surface area contributed by atoms with Crippen molar-refractivity contribution in [1.29, 1.82) is 0 Å². The first-order valence-electron chi connectivity index (χ1n) is 15.9. The van der Waals surface area contributed by atoms with Gasteiger partial charge < -0.3 is 45.2 Å². The number of hydrogen-bond donors (Lipinski definition) is 3. The molecule has 1 fully saturated rings. The molecule has 0 aromatic heterocycles. The monoisotopic (exact) mass is 635 g/mol. The zero-order valence-corrected chi connectivity index (χ0v) is 26.7. The van der Waals surface area contributed by atoms with E-state index >= 15 is 0 Å². The van der Waals surface area contributed by atoms with E-state index in [1.54, 1.807) is 36.4 Å². The number of Topliss-reactive ketones (excluding diaryl/α,β-unsaturated/α-hetero) is 1. The van der Waals surface area contributed by atoms with E-state index in [4.69, 9.17) is 15.2 Å². The van der Waals surface area contributed by atoms with Gasteiger partial charge in [-0.1, -0.05) is 6.07 Å². The summed E-state index contributed by atoms with van der Waals surface area (Å²) < 4.78 is 11.0. The number of ether oxygens (including phenoxy) is 2. The molecule has 46 heavy (non-hydrogen) atoms. The van der Waals surface area contributed by atoms with E-state index in [-0.39, 0.29) is 48.9 Å². The van der Waals surface area contributed by atoms with Crippen LogP contribution in [0, 0.1) is 0 Å². The number of carbonyl (C=O) groups is 5. The minimum atomic E-state index is -0.682. The second-order valence-electron chi connectivity index (χ2n) is 11.9. The lowest BCUT2D eigenvalue weighted by Crippen LogP contribution is -2.45. The number of rotatable bonds is 17. The van der Waals surface area contributed by atoms with Crippen molar-refractivity contribution in [3.05, 3.63) is 53.1 Å². The lowest BCUT2D eigenvalue weighted by Gasteiger charge is -2.32. The van der Waals surface area contributed by atoms with E-state index in [0.717, 1.165) is 38.9 Å². The molecule has 2 aromatic rings. The van der Waals surface area contributed by atoms with Crippen LogP contribution in [0.1, 0.15) is 78.1 Å². The number of benzene rings is 2. The van der Waals surface area contributed by atoms with Crippen molar-refractivity contribution in [2.45, 2.75) is 70.5 Å². The molecule has 2 aliphatic rings. The van der Waals surface area contributed by atoms with Gasteiger partial charge in [-0.2, -0.15) is 0 Å². The molecule has 0 spiro atoms. The highest BCUT2D eigenvalue weighted by Crippen LogP contribution is 2.31. The fourth-order valence-electron chi connectivity index (χ4n) is 5.81. The predicted octanol–water partition coefficient (Wildman–Crippen LogP) is 3.19. The summed E-state index contributed by atoms with van der Waals surface area (Å²) in [5.74, 6) is -0.0919. The second kappa shape index (κ2) is 16.9. The summed E-state index contributed by atoms with van der Waals surface area (Å²) in [6.07, 6.45) is 4.66. The maximum atomic E-state index is 12.9. The summed E-state index contributed by atoms with van der Waals surface area (Å²) >= 11 is 0. The van der Waals surface area contributed by atoms with Crippen molar-refractivity contribution >= 4 is 41.2 Å². The van der Waals surface area contributed by atoms with Crippen LogP contribution in [0.3, 0.4) is 0 Å². The average Bonchev–Trinajstić information content (AvgIpc) is 3.38. The lowest BCUT2D eigenvalue weighted by molar-refractivity contribution is -0.118. The number of likely N-dealkylation sites (tertiary alicyclic amines) is 1. The first-order valence-corrected chi connectivity index (χ1v) is 15.9. The van der Waals surface area contributed by atoms with Crippen LogP contribution >= 0.6 is 0 Å². The van der Waals surface area contributed by atoms with Gasteiger partial charge in [-0.15, -0.1) is 0 Å². The molecule has 0 radical (unpaired) electrons. The maximum absolute atomic E-state index is 12.9. The Bertz CT molecular complexity index is 1410. The molecule has 248 valence electrons. The summed E-state index contributed by atoms with van der Waals surface area (Å²) in [5, 5.41) is 6.03. The number of anilines is 2. The average molecular weight is 636 g/mol. The molecule has 4 N–H and O–H groups in total. The third kappa shape index (κ3) is 9.37. The van der Waals surface area contributed by atoms with Crippen LogP contribution in [0.5, 0.6) is 5.75 Å². The summed E-state index contributed by atoms with van der Waals surface area (Å²) in [5.41, 5.74) is 8.59. The number of piperidine rings is 1. The van der Waals surface area contributed by atoms with Gasteiger partial charge in [0.05, 0.1) is 25.4 Å². The van der Waals surface area contributed by atoms with Crippen molar-refractivity contribution in [3.8, 4) is 5.75 Å².